The molecule has 0 saturated heterocycles. The van der Waals surface area contributed by atoms with Gasteiger partial charge >= 0.3 is 0 Å². The van der Waals surface area contributed by atoms with Crippen molar-refractivity contribution in [2.45, 2.75) is 6.92 Å². The summed E-state index contributed by atoms with van der Waals surface area (Å²) in [6.45, 7) is 1.78. The molecule has 0 aliphatic heterocycles. The Morgan fingerprint density at radius 1 is 1.23 bits per heavy atom. The van der Waals surface area contributed by atoms with Gasteiger partial charge in [0.1, 0.15) is 5.75 Å². The highest BCUT2D eigenvalue weighted by molar-refractivity contribution is 7.80. The smallest absolute Gasteiger partial charge is 0.269 e. The van der Waals surface area contributed by atoms with Gasteiger partial charge in [-0.25, -0.2) is 0 Å². The maximum atomic E-state index is 10.7. The lowest BCUT2D eigenvalue weighted by Crippen LogP contribution is -2.19. The molecule has 2 N–H and O–H groups in total. The molecule has 7 heteroatoms. The van der Waals surface area contributed by atoms with E-state index < -0.39 is 4.92 Å². The number of thiocarbonyl (C=S) groups is 1. The normalized spacial score (nSPS) is 9.91. The van der Waals surface area contributed by atoms with Crippen molar-refractivity contribution < 1.29 is 9.66 Å². The second-order valence-corrected chi connectivity index (χ2v) is 4.98. The van der Waals surface area contributed by atoms with Crippen LogP contribution in [-0.4, -0.2) is 17.1 Å². The Balaban J connectivity index is 2.07. The van der Waals surface area contributed by atoms with Crippen LogP contribution in [0.5, 0.6) is 5.75 Å². The minimum Gasteiger partial charge on any atom is -0.497 e. The van der Waals surface area contributed by atoms with Gasteiger partial charge in [0.2, 0.25) is 0 Å². The van der Waals surface area contributed by atoms with Gasteiger partial charge < -0.3 is 15.4 Å². The Morgan fingerprint density at radius 2 is 2.00 bits per heavy atom. The topological polar surface area (TPSA) is 76.4 Å². The Bertz CT molecular complexity index is 719. The Hall–Kier alpha value is -2.67. The molecule has 114 valence electrons. The van der Waals surface area contributed by atoms with E-state index in [-0.39, 0.29) is 5.69 Å². The van der Waals surface area contributed by atoms with Gasteiger partial charge in [-0.1, -0.05) is 6.07 Å². The molecule has 2 rings (SSSR count). The summed E-state index contributed by atoms with van der Waals surface area (Å²) >= 11 is 5.24. The van der Waals surface area contributed by atoms with E-state index in [9.17, 15) is 10.1 Å². The molecule has 0 aromatic heterocycles. The summed E-state index contributed by atoms with van der Waals surface area (Å²) in [7, 11) is 1.59. The van der Waals surface area contributed by atoms with E-state index in [0.29, 0.717) is 10.8 Å². The van der Waals surface area contributed by atoms with Crippen LogP contribution in [0.1, 0.15) is 5.56 Å². The monoisotopic (exact) mass is 317 g/mol. The molecule has 0 spiro atoms. The third-order valence-electron chi connectivity index (χ3n) is 3.00. The molecule has 0 bridgehead atoms. The number of non-ortho nitro benzene ring substituents is 1. The molecule has 0 radical (unpaired) electrons. The Labute approximate surface area is 133 Å². The summed E-state index contributed by atoms with van der Waals surface area (Å²) < 4.78 is 5.14. The lowest BCUT2D eigenvalue weighted by molar-refractivity contribution is -0.384. The van der Waals surface area contributed by atoms with Crippen LogP contribution in [-0.2, 0) is 0 Å². The Morgan fingerprint density at radius 3 is 2.64 bits per heavy atom. The first-order chi connectivity index (χ1) is 10.5. The number of rotatable bonds is 4. The van der Waals surface area contributed by atoms with Crippen LogP contribution < -0.4 is 15.4 Å². The number of nitrogens with zero attached hydrogens (tertiary/aromatic N) is 1. The lowest BCUT2D eigenvalue weighted by atomic mass is 10.2. The van der Waals surface area contributed by atoms with Crippen LogP contribution in [0.4, 0.5) is 17.1 Å². The minimum atomic E-state index is -0.427. The number of hydrogen-bond donors (Lipinski definition) is 2. The van der Waals surface area contributed by atoms with Gasteiger partial charge in [-0.2, -0.15) is 0 Å². The van der Waals surface area contributed by atoms with Gasteiger partial charge in [0, 0.05) is 29.6 Å². The third-order valence-corrected chi connectivity index (χ3v) is 3.20. The van der Waals surface area contributed by atoms with E-state index in [4.69, 9.17) is 17.0 Å². The molecule has 0 amide bonds. The zero-order valence-corrected chi connectivity index (χ0v) is 12.9. The molecule has 0 unspecified atom stereocenters. The van der Waals surface area contributed by atoms with Gasteiger partial charge in [-0.05, 0) is 42.9 Å². The molecule has 0 saturated carbocycles. The number of aryl methyl sites for hydroxylation is 1. The summed E-state index contributed by atoms with van der Waals surface area (Å²) in [6, 6.07) is 11.9. The number of nitro benzene ring substituents is 1. The van der Waals surface area contributed by atoms with Gasteiger partial charge in [-0.3, -0.25) is 10.1 Å². The van der Waals surface area contributed by atoms with Crippen LogP contribution in [0.2, 0.25) is 0 Å². The van der Waals surface area contributed by atoms with Crippen molar-refractivity contribution >= 4 is 34.4 Å². The molecular formula is C15H15N3O3S. The van der Waals surface area contributed by atoms with Gasteiger partial charge in [0.25, 0.3) is 5.69 Å². The number of nitrogens with one attached hydrogen (secondary N) is 2. The highest BCUT2D eigenvalue weighted by atomic mass is 32.1. The number of hydrogen-bond acceptors (Lipinski definition) is 4. The quantitative estimate of drug-likeness (QED) is 0.508. The van der Waals surface area contributed by atoms with Crippen molar-refractivity contribution in [2.75, 3.05) is 17.7 Å². The molecule has 0 heterocycles. The molecule has 0 fully saturated rings. The van der Waals surface area contributed by atoms with Crippen LogP contribution in [0.3, 0.4) is 0 Å². The van der Waals surface area contributed by atoms with Crippen molar-refractivity contribution in [2.24, 2.45) is 0 Å². The first-order valence-corrected chi connectivity index (χ1v) is 6.87. The zero-order valence-electron chi connectivity index (χ0n) is 12.1. The SMILES string of the molecule is COc1cccc(NC(=S)Nc2ccc([N+](=O)[O-])cc2C)c1. The van der Waals surface area contributed by atoms with Gasteiger partial charge in [0.15, 0.2) is 5.11 Å². The molecule has 0 atom stereocenters. The molecule has 0 aliphatic rings. The van der Waals surface area contributed by atoms with E-state index in [1.807, 2.05) is 24.3 Å². The number of ether oxygens (including phenoxy) is 1. The predicted octanol–water partition coefficient (Wildman–Crippen LogP) is 3.72. The van der Waals surface area contributed by atoms with Crippen LogP contribution in [0, 0.1) is 17.0 Å². The maximum absolute atomic E-state index is 10.7. The number of anilines is 2. The average Bonchev–Trinajstić information content (AvgIpc) is 2.49. The summed E-state index contributed by atoms with van der Waals surface area (Å²) in [4.78, 5) is 10.3. The fourth-order valence-electron chi connectivity index (χ4n) is 1.89. The number of benzene rings is 2. The molecular weight excluding hydrogens is 302 g/mol. The van der Waals surface area contributed by atoms with Crippen LogP contribution >= 0.6 is 12.2 Å². The zero-order chi connectivity index (χ0) is 16.1. The fourth-order valence-corrected chi connectivity index (χ4v) is 2.11. The summed E-state index contributed by atoms with van der Waals surface area (Å²) in [5, 5.41) is 17.2. The van der Waals surface area contributed by atoms with E-state index in [1.54, 1.807) is 20.1 Å². The summed E-state index contributed by atoms with van der Waals surface area (Å²) in [5.74, 6) is 0.722. The molecule has 2 aromatic carbocycles. The highest BCUT2D eigenvalue weighted by Gasteiger charge is 2.09. The standard InChI is InChI=1S/C15H15N3O3S/c1-10-8-12(18(19)20)6-7-14(10)17-15(22)16-11-4-3-5-13(9-11)21-2/h3-9H,1-2H3,(H2,16,17,22). The second-order valence-electron chi connectivity index (χ2n) is 4.57. The van der Waals surface area contributed by atoms with Crippen LogP contribution in [0.15, 0.2) is 42.5 Å². The van der Waals surface area contributed by atoms with E-state index in [2.05, 4.69) is 10.6 Å². The van der Waals surface area contributed by atoms with E-state index in [1.165, 1.54) is 12.1 Å². The van der Waals surface area contributed by atoms with Gasteiger partial charge in [-0.15, -0.1) is 0 Å². The maximum Gasteiger partial charge on any atom is 0.269 e. The van der Waals surface area contributed by atoms with Crippen molar-refractivity contribution in [1.82, 2.24) is 0 Å². The number of methoxy groups -OCH3 is 1. The largest absolute Gasteiger partial charge is 0.497 e. The highest BCUT2D eigenvalue weighted by Crippen LogP contribution is 2.22. The fraction of sp³-hybridized carbons (Fsp3) is 0.133. The van der Waals surface area contributed by atoms with Crippen molar-refractivity contribution in [3.8, 4) is 5.75 Å². The summed E-state index contributed by atoms with van der Waals surface area (Å²) in [5.41, 5.74) is 2.29. The van der Waals surface area contributed by atoms with E-state index in [0.717, 1.165) is 17.0 Å². The first-order valence-electron chi connectivity index (χ1n) is 6.46. The van der Waals surface area contributed by atoms with E-state index >= 15 is 0 Å². The average molecular weight is 317 g/mol. The lowest BCUT2D eigenvalue weighted by Gasteiger charge is -2.13. The molecule has 6 nitrogen and oxygen atoms in total. The van der Waals surface area contributed by atoms with Crippen LogP contribution in [0.25, 0.3) is 0 Å². The predicted molar refractivity (Wildman–Crippen MR) is 90.7 cm³/mol. The third kappa shape index (κ3) is 3.92. The molecule has 2 aromatic rings. The van der Waals surface area contributed by atoms with Crippen molar-refractivity contribution in [3.05, 3.63) is 58.1 Å². The molecule has 22 heavy (non-hydrogen) atoms. The Kier molecular flexibility index (Phi) is 4.90. The summed E-state index contributed by atoms with van der Waals surface area (Å²) in [6.07, 6.45) is 0. The minimum absolute atomic E-state index is 0.0507. The molecule has 0 aliphatic carbocycles. The number of nitro groups is 1. The van der Waals surface area contributed by atoms with Crippen molar-refractivity contribution in [3.63, 3.8) is 0 Å². The first kappa shape index (κ1) is 15.7. The second kappa shape index (κ2) is 6.86. The van der Waals surface area contributed by atoms with Crippen molar-refractivity contribution in [1.29, 1.82) is 0 Å². The van der Waals surface area contributed by atoms with Gasteiger partial charge in [0.05, 0.1) is 12.0 Å².